The van der Waals surface area contributed by atoms with Crippen LogP contribution in [0.2, 0.25) is 0 Å². The predicted molar refractivity (Wildman–Crippen MR) is 84.3 cm³/mol. The zero-order valence-corrected chi connectivity index (χ0v) is 13.8. The average molecular weight is 373 g/mol. The van der Waals surface area contributed by atoms with Crippen LogP contribution >= 0.6 is 0 Å². The van der Waals surface area contributed by atoms with Crippen molar-refractivity contribution in [3.8, 4) is 0 Å². The number of ether oxygens (including phenoxy) is 1. The topological polar surface area (TPSA) is 29.5 Å². The number of carbonyl (C=O) groups is 1. The maximum atomic E-state index is 13.7. The highest BCUT2D eigenvalue weighted by Crippen LogP contribution is 2.17. The third-order valence-corrected chi connectivity index (χ3v) is 3.50. The van der Waals surface area contributed by atoms with Gasteiger partial charge in [-0.15, -0.1) is 0 Å². The summed E-state index contributed by atoms with van der Waals surface area (Å²) in [5, 5.41) is 0. The Bertz CT molecular complexity index is 759. The Morgan fingerprint density at radius 2 is 1.73 bits per heavy atom. The Labute approximate surface area is 147 Å². The molecule has 0 bridgehead atoms. The van der Waals surface area contributed by atoms with Gasteiger partial charge in [-0.2, -0.15) is 13.2 Å². The molecule has 0 saturated carbocycles. The molecule has 26 heavy (non-hydrogen) atoms. The lowest BCUT2D eigenvalue weighted by molar-refractivity contribution is -0.176. The first-order valence-electron chi connectivity index (χ1n) is 7.58. The zero-order valence-electron chi connectivity index (χ0n) is 13.8. The van der Waals surface area contributed by atoms with Crippen LogP contribution in [0, 0.1) is 11.6 Å². The first-order chi connectivity index (χ1) is 12.2. The van der Waals surface area contributed by atoms with Gasteiger partial charge in [0.2, 0.25) is 0 Å². The molecule has 2 aromatic carbocycles. The molecule has 1 amide bonds. The predicted octanol–water partition coefficient (Wildman–Crippen LogP) is 4.32. The lowest BCUT2D eigenvalue weighted by Gasteiger charge is -2.18. The number of hydrogen-bond donors (Lipinski definition) is 0. The fraction of sp³-hybridized carbons (Fsp3) is 0.278. The van der Waals surface area contributed by atoms with E-state index in [1.807, 2.05) is 0 Å². The molecule has 140 valence electrons. The molecule has 0 unspecified atom stereocenters. The molecule has 0 radical (unpaired) electrons. The molecule has 2 rings (SSSR count). The summed E-state index contributed by atoms with van der Waals surface area (Å²) in [4.78, 5) is 13.6. The maximum Gasteiger partial charge on any atom is 0.411 e. The number of nitrogens with zero attached hydrogens (tertiary/aromatic N) is 1. The molecule has 0 fully saturated rings. The molecule has 0 saturated heterocycles. The van der Waals surface area contributed by atoms with Gasteiger partial charge < -0.3 is 9.64 Å². The maximum absolute atomic E-state index is 13.7. The van der Waals surface area contributed by atoms with Crippen molar-refractivity contribution < 1.29 is 31.5 Å². The summed E-state index contributed by atoms with van der Waals surface area (Å²) >= 11 is 0. The van der Waals surface area contributed by atoms with E-state index in [4.69, 9.17) is 0 Å². The molecule has 0 aromatic heterocycles. The molecular formula is C18H16F5NO2. The van der Waals surface area contributed by atoms with E-state index in [-0.39, 0.29) is 24.3 Å². The minimum atomic E-state index is -4.39. The van der Waals surface area contributed by atoms with Crippen molar-refractivity contribution in [2.75, 3.05) is 13.7 Å². The summed E-state index contributed by atoms with van der Waals surface area (Å²) in [6, 6.07) is 8.97. The van der Waals surface area contributed by atoms with E-state index < -0.39 is 30.3 Å². The van der Waals surface area contributed by atoms with Crippen molar-refractivity contribution in [3.63, 3.8) is 0 Å². The van der Waals surface area contributed by atoms with E-state index >= 15 is 0 Å². The molecule has 0 aliphatic heterocycles. The normalized spacial score (nSPS) is 11.5. The Morgan fingerprint density at radius 3 is 2.31 bits per heavy atom. The van der Waals surface area contributed by atoms with Crippen molar-refractivity contribution in [2.24, 2.45) is 0 Å². The van der Waals surface area contributed by atoms with Crippen LogP contribution in [0.15, 0.2) is 42.5 Å². The Balaban J connectivity index is 1.96. The van der Waals surface area contributed by atoms with E-state index in [0.29, 0.717) is 5.56 Å². The van der Waals surface area contributed by atoms with Crippen LogP contribution in [0.1, 0.15) is 21.5 Å². The Kier molecular flexibility index (Phi) is 6.31. The largest absolute Gasteiger partial charge is 0.411 e. The highest BCUT2D eigenvalue weighted by molar-refractivity contribution is 5.94. The van der Waals surface area contributed by atoms with E-state index in [2.05, 4.69) is 4.74 Å². The molecule has 0 aliphatic rings. The smallest absolute Gasteiger partial charge is 0.367 e. The van der Waals surface area contributed by atoms with E-state index in [1.165, 1.54) is 42.3 Å². The lowest BCUT2D eigenvalue weighted by Crippen LogP contribution is -2.26. The fourth-order valence-electron chi connectivity index (χ4n) is 2.23. The van der Waals surface area contributed by atoms with Gasteiger partial charge in [0.05, 0.1) is 6.61 Å². The Morgan fingerprint density at radius 1 is 1.08 bits per heavy atom. The fourth-order valence-corrected chi connectivity index (χ4v) is 2.23. The first kappa shape index (κ1) is 19.8. The first-order valence-corrected chi connectivity index (χ1v) is 7.58. The van der Waals surface area contributed by atoms with Gasteiger partial charge in [0.15, 0.2) is 0 Å². The number of benzene rings is 2. The third-order valence-electron chi connectivity index (χ3n) is 3.50. The molecule has 2 aromatic rings. The molecule has 0 aliphatic carbocycles. The van der Waals surface area contributed by atoms with Crippen molar-refractivity contribution in [1.82, 2.24) is 4.90 Å². The van der Waals surface area contributed by atoms with Crippen molar-refractivity contribution in [3.05, 3.63) is 70.8 Å². The van der Waals surface area contributed by atoms with Gasteiger partial charge in [-0.25, -0.2) is 8.78 Å². The van der Waals surface area contributed by atoms with Crippen LogP contribution in [-0.4, -0.2) is 30.6 Å². The standard InChI is InChI=1S/C18H16F5NO2/c1-24(9-14-6-7-15(19)8-16(14)20)17(25)13-4-2-12(3-5-13)10-26-11-18(21,22)23/h2-8H,9-11H2,1H3. The number of hydrogen-bond acceptors (Lipinski definition) is 2. The highest BCUT2D eigenvalue weighted by Gasteiger charge is 2.27. The SMILES string of the molecule is CN(Cc1ccc(F)cc1F)C(=O)c1ccc(COCC(F)(F)F)cc1. The number of halogens is 5. The quantitative estimate of drug-likeness (QED) is 0.706. The highest BCUT2D eigenvalue weighted by atomic mass is 19.4. The summed E-state index contributed by atoms with van der Waals surface area (Å²) in [5.74, 6) is -1.86. The number of carbonyl (C=O) groups excluding carboxylic acids is 1. The van der Waals surface area contributed by atoms with Gasteiger partial charge >= 0.3 is 6.18 Å². The summed E-state index contributed by atoms with van der Waals surface area (Å²) in [6.07, 6.45) is -4.39. The Hall–Kier alpha value is -2.48. The van der Waals surface area contributed by atoms with Crippen LogP contribution in [0.4, 0.5) is 22.0 Å². The molecule has 0 N–H and O–H groups in total. The summed E-state index contributed by atoms with van der Waals surface area (Å²) < 4.78 is 67.2. The summed E-state index contributed by atoms with van der Waals surface area (Å²) in [5.41, 5.74) is 0.937. The van der Waals surface area contributed by atoms with Gasteiger partial charge in [-0.3, -0.25) is 4.79 Å². The molecule has 3 nitrogen and oxygen atoms in total. The van der Waals surface area contributed by atoms with E-state index in [9.17, 15) is 26.7 Å². The van der Waals surface area contributed by atoms with Crippen LogP contribution in [-0.2, 0) is 17.9 Å². The summed E-state index contributed by atoms with van der Waals surface area (Å²) in [6.45, 7) is -1.63. The van der Waals surface area contributed by atoms with Gasteiger partial charge in [-0.05, 0) is 23.8 Å². The van der Waals surface area contributed by atoms with Crippen molar-refractivity contribution in [2.45, 2.75) is 19.3 Å². The monoisotopic (exact) mass is 373 g/mol. The third kappa shape index (κ3) is 5.80. The van der Waals surface area contributed by atoms with Gasteiger partial charge in [0, 0.05) is 30.8 Å². The van der Waals surface area contributed by atoms with Crippen LogP contribution < -0.4 is 0 Å². The van der Waals surface area contributed by atoms with Crippen molar-refractivity contribution in [1.29, 1.82) is 0 Å². The summed E-state index contributed by atoms with van der Waals surface area (Å²) in [7, 11) is 1.46. The zero-order chi connectivity index (χ0) is 19.3. The van der Waals surface area contributed by atoms with Crippen LogP contribution in [0.3, 0.4) is 0 Å². The number of amides is 1. The van der Waals surface area contributed by atoms with Crippen molar-refractivity contribution >= 4 is 5.91 Å². The van der Waals surface area contributed by atoms with Gasteiger partial charge in [0.25, 0.3) is 5.91 Å². The minimum Gasteiger partial charge on any atom is -0.367 e. The lowest BCUT2D eigenvalue weighted by atomic mass is 10.1. The second kappa shape index (κ2) is 8.27. The van der Waals surface area contributed by atoms with Crippen LogP contribution in [0.5, 0.6) is 0 Å². The minimum absolute atomic E-state index is 0.0542. The van der Waals surface area contributed by atoms with Gasteiger partial charge in [0.1, 0.15) is 18.2 Å². The number of rotatable bonds is 6. The van der Waals surface area contributed by atoms with E-state index in [0.717, 1.165) is 12.1 Å². The van der Waals surface area contributed by atoms with Crippen LogP contribution in [0.25, 0.3) is 0 Å². The van der Waals surface area contributed by atoms with E-state index in [1.54, 1.807) is 0 Å². The molecule has 0 atom stereocenters. The molecule has 0 spiro atoms. The second-order valence-corrected chi connectivity index (χ2v) is 5.70. The molecular weight excluding hydrogens is 357 g/mol. The average Bonchev–Trinajstić information content (AvgIpc) is 2.56. The molecule has 8 heteroatoms. The number of alkyl halides is 3. The van der Waals surface area contributed by atoms with Gasteiger partial charge in [-0.1, -0.05) is 18.2 Å². The molecule has 0 heterocycles. The second-order valence-electron chi connectivity index (χ2n) is 5.70.